The molecule has 0 saturated carbocycles. The van der Waals surface area contributed by atoms with Crippen molar-refractivity contribution in [2.75, 3.05) is 25.2 Å². The lowest BCUT2D eigenvalue weighted by Gasteiger charge is -2.18. The highest BCUT2D eigenvalue weighted by Gasteiger charge is 2.30. The summed E-state index contributed by atoms with van der Waals surface area (Å²) in [7, 11) is 1.23. The molecule has 1 unspecified atom stereocenters. The van der Waals surface area contributed by atoms with Gasteiger partial charge in [-0.25, -0.2) is 0 Å². The Morgan fingerprint density at radius 3 is 2.76 bits per heavy atom. The van der Waals surface area contributed by atoms with E-state index in [9.17, 15) is 9.90 Å². The van der Waals surface area contributed by atoms with Gasteiger partial charge >= 0.3 is 5.97 Å². The summed E-state index contributed by atoms with van der Waals surface area (Å²) in [5.41, 5.74) is -1.67. The van der Waals surface area contributed by atoms with Crippen LogP contribution < -0.4 is 4.74 Å². The predicted molar refractivity (Wildman–Crippen MR) is 100 cm³/mol. The van der Waals surface area contributed by atoms with E-state index in [0.29, 0.717) is 22.4 Å². The van der Waals surface area contributed by atoms with Crippen LogP contribution in [0.15, 0.2) is 18.2 Å². The number of esters is 1. The first-order valence-electron chi connectivity index (χ1n) is 7.76. The van der Waals surface area contributed by atoms with Crippen LogP contribution in [0.25, 0.3) is 0 Å². The number of hydrogen-bond donors (Lipinski definition) is 1. The van der Waals surface area contributed by atoms with E-state index in [0.717, 1.165) is 25.0 Å². The molecule has 0 aliphatic rings. The van der Waals surface area contributed by atoms with E-state index in [4.69, 9.17) is 33.2 Å². The lowest BCUT2D eigenvalue weighted by Crippen LogP contribution is -2.33. The van der Waals surface area contributed by atoms with E-state index in [1.54, 1.807) is 24.3 Å². The molecule has 8 heteroatoms. The minimum atomic E-state index is -1.67. The fourth-order valence-electron chi connectivity index (χ4n) is 1.93. The number of nitrogens with zero attached hydrogens (tertiary/aromatic N) is 1. The second kappa shape index (κ2) is 11.5. The number of hydrogen-bond acceptors (Lipinski definition) is 6. The first-order valence-corrected chi connectivity index (χ1v) is 9.67. The van der Waals surface area contributed by atoms with E-state index in [2.05, 4.69) is 4.74 Å². The van der Waals surface area contributed by atoms with Crippen LogP contribution in [0.5, 0.6) is 5.75 Å². The fraction of sp³-hybridized carbons (Fsp3) is 0.529. The number of carbonyl (C=O) groups excluding carboxylic acids is 1. The molecule has 1 atom stereocenters. The lowest BCUT2D eigenvalue weighted by atomic mass is 10.1. The molecular weight excluding hydrogens is 385 g/mol. The molecule has 0 saturated heterocycles. The molecule has 138 valence electrons. The van der Waals surface area contributed by atoms with Crippen LogP contribution in [0.1, 0.15) is 25.7 Å². The fourth-order valence-corrected chi connectivity index (χ4v) is 3.45. The van der Waals surface area contributed by atoms with Crippen LogP contribution in [-0.2, 0) is 9.53 Å². The molecule has 1 aromatic carbocycles. The normalized spacial score (nSPS) is 12.9. The van der Waals surface area contributed by atoms with Gasteiger partial charge in [-0.05, 0) is 43.2 Å². The van der Waals surface area contributed by atoms with Crippen LogP contribution >= 0.6 is 35.0 Å². The number of rotatable bonds is 11. The summed E-state index contributed by atoms with van der Waals surface area (Å²) in [6.45, 7) is 0.552. The average Bonchev–Trinajstić information content (AvgIpc) is 2.58. The number of nitriles is 1. The monoisotopic (exact) mass is 405 g/mol. The van der Waals surface area contributed by atoms with Gasteiger partial charge in [-0.15, -0.1) is 0 Å². The van der Waals surface area contributed by atoms with Crippen molar-refractivity contribution in [2.24, 2.45) is 0 Å². The van der Waals surface area contributed by atoms with Crippen LogP contribution in [0.2, 0.25) is 10.0 Å². The third-order valence-corrected chi connectivity index (χ3v) is 5.09. The van der Waals surface area contributed by atoms with Gasteiger partial charge in [0.2, 0.25) is 0 Å². The Balaban J connectivity index is 2.14. The lowest BCUT2D eigenvalue weighted by molar-refractivity contribution is -0.143. The molecule has 1 aromatic rings. The van der Waals surface area contributed by atoms with E-state index < -0.39 is 11.6 Å². The van der Waals surface area contributed by atoms with Gasteiger partial charge in [0.05, 0.1) is 31.2 Å². The molecule has 0 spiro atoms. The summed E-state index contributed by atoms with van der Waals surface area (Å²) < 4.78 is 10.1. The van der Waals surface area contributed by atoms with Gasteiger partial charge < -0.3 is 14.6 Å². The molecular formula is C17H21Cl2NO4S. The minimum absolute atomic E-state index is 0.176. The van der Waals surface area contributed by atoms with Gasteiger partial charge in [0.1, 0.15) is 5.75 Å². The smallest absolute Gasteiger partial charge is 0.309 e. The Morgan fingerprint density at radius 1 is 1.36 bits per heavy atom. The maximum Gasteiger partial charge on any atom is 0.309 e. The Morgan fingerprint density at radius 2 is 2.12 bits per heavy atom. The second-order valence-electron chi connectivity index (χ2n) is 5.43. The van der Waals surface area contributed by atoms with Gasteiger partial charge in [0.15, 0.2) is 5.60 Å². The van der Waals surface area contributed by atoms with Crippen molar-refractivity contribution in [2.45, 2.75) is 31.3 Å². The van der Waals surface area contributed by atoms with Crippen molar-refractivity contribution in [3.63, 3.8) is 0 Å². The van der Waals surface area contributed by atoms with Crippen LogP contribution in [-0.4, -0.2) is 41.9 Å². The standard InChI is InChI=1S/C17H21Cl2NO4S/c1-23-16(21)10-17(22,11-20)12-25-8-4-2-3-7-24-15-6-5-13(18)9-14(15)19/h5-6,9,22H,2-4,7-8,10,12H2,1H3. The van der Waals surface area contributed by atoms with E-state index in [-0.39, 0.29) is 12.2 Å². The first kappa shape index (κ1) is 21.9. The van der Waals surface area contributed by atoms with Gasteiger partial charge in [-0.3, -0.25) is 4.79 Å². The Hall–Kier alpha value is -1.13. The molecule has 5 nitrogen and oxygen atoms in total. The number of carbonyl (C=O) groups is 1. The number of aliphatic hydroxyl groups is 1. The second-order valence-corrected chi connectivity index (χ2v) is 7.38. The molecule has 0 radical (unpaired) electrons. The predicted octanol–water partition coefficient (Wildman–Crippen LogP) is 4.09. The van der Waals surface area contributed by atoms with Crippen molar-refractivity contribution < 1.29 is 19.4 Å². The largest absolute Gasteiger partial charge is 0.492 e. The summed E-state index contributed by atoms with van der Waals surface area (Å²) in [5.74, 6) is 0.979. The summed E-state index contributed by atoms with van der Waals surface area (Å²) >= 11 is 13.3. The van der Waals surface area contributed by atoms with Crippen molar-refractivity contribution >= 4 is 40.9 Å². The maximum atomic E-state index is 11.2. The number of ether oxygens (including phenoxy) is 2. The minimum Gasteiger partial charge on any atom is -0.492 e. The van der Waals surface area contributed by atoms with Gasteiger partial charge in [0.25, 0.3) is 0 Å². The number of methoxy groups -OCH3 is 1. The van der Waals surface area contributed by atoms with E-state index >= 15 is 0 Å². The van der Waals surface area contributed by atoms with Crippen molar-refractivity contribution in [1.29, 1.82) is 5.26 Å². The number of thioether (sulfide) groups is 1. The van der Waals surface area contributed by atoms with Gasteiger partial charge in [-0.1, -0.05) is 23.2 Å². The summed E-state index contributed by atoms with van der Waals surface area (Å²) in [6.07, 6.45) is 2.41. The Labute approximate surface area is 162 Å². The molecule has 0 amide bonds. The zero-order chi connectivity index (χ0) is 18.7. The highest BCUT2D eigenvalue weighted by atomic mass is 35.5. The summed E-state index contributed by atoms with van der Waals surface area (Å²) in [5, 5.41) is 20.1. The van der Waals surface area contributed by atoms with Gasteiger partial charge in [0, 0.05) is 10.8 Å². The zero-order valence-corrected chi connectivity index (χ0v) is 16.3. The topological polar surface area (TPSA) is 79.5 Å². The maximum absolute atomic E-state index is 11.2. The summed E-state index contributed by atoms with van der Waals surface area (Å²) in [4.78, 5) is 11.2. The Kier molecular flexibility index (Phi) is 10.1. The van der Waals surface area contributed by atoms with Crippen LogP contribution in [0, 0.1) is 11.3 Å². The molecule has 0 aliphatic heterocycles. The van der Waals surface area contributed by atoms with Crippen LogP contribution in [0.4, 0.5) is 0 Å². The molecule has 1 N–H and O–H groups in total. The molecule has 0 heterocycles. The molecule has 0 fully saturated rings. The third-order valence-electron chi connectivity index (χ3n) is 3.30. The average molecular weight is 406 g/mol. The SMILES string of the molecule is COC(=O)CC(O)(C#N)CSCCCCCOc1ccc(Cl)cc1Cl. The highest BCUT2D eigenvalue weighted by Crippen LogP contribution is 2.27. The zero-order valence-electron chi connectivity index (χ0n) is 14.0. The Bertz CT molecular complexity index is 609. The van der Waals surface area contributed by atoms with E-state index in [1.165, 1.54) is 18.9 Å². The van der Waals surface area contributed by atoms with Crippen molar-refractivity contribution in [3.05, 3.63) is 28.2 Å². The number of benzene rings is 1. The molecule has 0 aliphatic carbocycles. The van der Waals surface area contributed by atoms with Crippen LogP contribution in [0.3, 0.4) is 0 Å². The van der Waals surface area contributed by atoms with Crippen molar-refractivity contribution in [1.82, 2.24) is 0 Å². The molecule has 1 rings (SSSR count). The van der Waals surface area contributed by atoms with Gasteiger partial charge in [-0.2, -0.15) is 17.0 Å². The third kappa shape index (κ3) is 8.68. The molecule has 25 heavy (non-hydrogen) atoms. The number of halogens is 2. The number of unbranched alkanes of at least 4 members (excludes halogenated alkanes) is 2. The quantitative estimate of drug-likeness (QED) is 0.339. The first-order chi connectivity index (χ1) is 11.9. The summed E-state index contributed by atoms with van der Waals surface area (Å²) in [6, 6.07) is 6.88. The van der Waals surface area contributed by atoms with E-state index in [1.807, 2.05) is 0 Å². The highest BCUT2D eigenvalue weighted by molar-refractivity contribution is 7.99. The van der Waals surface area contributed by atoms with Crippen molar-refractivity contribution in [3.8, 4) is 11.8 Å². The molecule has 0 aromatic heterocycles. The molecule has 0 bridgehead atoms.